The molecule has 1 fully saturated rings. The molecule has 1 saturated heterocycles. The number of nitrogens with one attached hydrogen (secondary N) is 3. The summed E-state index contributed by atoms with van der Waals surface area (Å²) in [5.74, 6) is -0.147. The number of methoxy groups -OCH3 is 1. The maximum absolute atomic E-state index is 14.4. The van der Waals surface area contributed by atoms with Crippen molar-refractivity contribution in [2.75, 3.05) is 42.3 Å². The summed E-state index contributed by atoms with van der Waals surface area (Å²) in [5, 5.41) is 13.1. The lowest BCUT2D eigenvalue weighted by atomic mass is 10.1. The van der Waals surface area contributed by atoms with Gasteiger partial charge in [0.05, 0.1) is 18.8 Å². The second-order valence-electron chi connectivity index (χ2n) is 7.84. The first kappa shape index (κ1) is 22.7. The second kappa shape index (κ2) is 10.0. The minimum Gasteiger partial charge on any atom is -0.382 e. The SMILES string of the molecule is COC[C@H](Nc1nc(Nc2cc(C)[nH]n2)nc(N2CCC(N)CC2)n1)c1ncc(F)cc1F. The van der Waals surface area contributed by atoms with Gasteiger partial charge in [0, 0.05) is 44.1 Å². The Morgan fingerprint density at radius 3 is 2.64 bits per heavy atom. The molecule has 1 atom stereocenters. The second-order valence-corrected chi connectivity index (χ2v) is 7.84. The molecule has 13 heteroatoms. The average Bonchev–Trinajstić information content (AvgIpc) is 3.18. The normalized spacial score (nSPS) is 15.5. The summed E-state index contributed by atoms with van der Waals surface area (Å²) < 4.78 is 33.0. The summed E-state index contributed by atoms with van der Waals surface area (Å²) in [6.07, 6.45) is 2.57. The van der Waals surface area contributed by atoms with E-state index in [0.29, 0.717) is 24.9 Å². The molecule has 3 aromatic heterocycles. The minimum absolute atomic E-state index is 0.0124. The van der Waals surface area contributed by atoms with Gasteiger partial charge in [0.15, 0.2) is 5.82 Å². The van der Waals surface area contributed by atoms with Gasteiger partial charge in [0.1, 0.15) is 17.3 Å². The van der Waals surface area contributed by atoms with Crippen LogP contribution in [0.2, 0.25) is 0 Å². The number of pyridine rings is 1. The number of aryl methyl sites for hydroxylation is 1. The molecule has 11 nitrogen and oxygen atoms in total. The van der Waals surface area contributed by atoms with E-state index in [2.05, 4.69) is 40.8 Å². The lowest BCUT2D eigenvalue weighted by Crippen LogP contribution is -2.40. The third-order valence-electron chi connectivity index (χ3n) is 5.19. The van der Waals surface area contributed by atoms with Crippen LogP contribution in [0.5, 0.6) is 0 Å². The number of nitrogens with two attached hydrogens (primary N) is 1. The molecule has 0 aliphatic carbocycles. The molecule has 0 saturated carbocycles. The topological polar surface area (TPSA) is 143 Å². The molecule has 3 aromatic rings. The van der Waals surface area contributed by atoms with E-state index in [1.807, 2.05) is 17.9 Å². The third kappa shape index (κ3) is 5.68. The zero-order chi connectivity index (χ0) is 23.4. The fraction of sp³-hybridized carbons (Fsp3) is 0.450. The van der Waals surface area contributed by atoms with Crippen LogP contribution in [0, 0.1) is 18.6 Å². The number of H-pyrrole nitrogens is 1. The van der Waals surface area contributed by atoms with Gasteiger partial charge in [-0.05, 0) is 19.8 Å². The highest BCUT2D eigenvalue weighted by molar-refractivity contribution is 5.52. The Balaban J connectivity index is 1.65. The highest BCUT2D eigenvalue weighted by Crippen LogP contribution is 2.24. The van der Waals surface area contributed by atoms with Gasteiger partial charge < -0.3 is 26.0 Å². The van der Waals surface area contributed by atoms with Gasteiger partial charge in [0.25, 0.3) is 0 Å². The number of piperidine rings is 1. The number of hydrogen-bond acceptors (Lipinski definition) is 10. The molecular formula is C20H26F2N10O. The highest BCUT2D eigenvalue weighted by Gasteiger charge is 2.23. The van der Waals surface area contributed by atoms with Crippen molar-refractivity contribution in [1.82, 2.24) is 30.1 Å². The molecule has 0 spiro atoms. The first-order valence-corrected chi connectivity index (χ1v) is 10.5. The van der Waals surface area contributed by atoms with E-state index in [0.717, 1.165) is 30.8 Å². The molecule has 33 heavy (non-hydrogen) atoms. The molecule has 176 valence electrons. The Hall–Kier alpha value is -3.45. The summed E-state index contributed by atoms with van der Waals surface area (Å²) in [6, 6.07) is 1.96. The predicted octanol–water partition coefficient (Wildman–Crippen LogP) is 2.05. The zero-order valence-corrected chi connectivity index (χ0v) is 18.3. The van der Waals surface area contributed by atoms with Crippen LogP contribution in [0.25, 0.3) is 0 Å². The van der Waals surface area contributed by atoms with E-state index in [9.17, 15) is 8.78 Å². The first-order valence-electron chi connectivity index (χ1n) is 10.5. The van der Waals surface area contributed by atoms with Crippen LogP contribution in [0.4, 0.5) is 32.4 Å². The Kier molecular flexibility index (Phi) is 6.89. The Morgan fingerprint density at radius 1 is 1.21 bits per heavy atom. The van der Waals surface area contributed by atoms with Crippen LogP contribution in [-0.4, -0.2) is 63.0 Å². The van der Waals surface area contributed by atoms with Crippen LogP contribution >= 0.6 is 0 Å². The summed E-state index contributed by atoms with van der Waals surface area (Å²) in [4.78, 5) is 19.4. The highest BCUT2D eigenvalue weighted by atomic mass is 19.1. The maximum Gasteiger partial charge on any atom is 0.235 e. The van der Waals surface area contributed by atoms with Gasteiger partial charge in [-0.2, -0.15) is 20.1 Å². The quantitative estimate of drug-likeness (QED) is 0.394. The van der Waals surface area contributed by atoms with Crippen molar-refractivity contribution in [2.24, 2.45) is 5.73 Å². The van der Waals surface area contributed by atoms with Crippen molar-refractivity contribution in [2.45, 2.75) is 31.8 Å². The standard InChI is InChI=1S/C20H26F2N10O/c1-11-7-16(31-30-11)26-19-27-18(28-20(29-19)32-5-3-13(23)4-6-32)25-15(10-33-2)17-14(22)8-12(21)9-24-17/h7-9,13,15H,3-6,10,23H2,1-2H3,(H3,25,26,27,28,29,30,31)/t15-/m0/s1. The van der Waals surface area contributed by atoms with Crippen LogP contribution in [-0.2, 0) is 4.74 Å². The Bertz CT molecular complexity index is 1090. The van der Waals surface area contributed by atoms with Crippen molar-refractivity contribution in [3.05, 3.63) is 41.4 Å². The van der Waals surface area contributed by atoms with E-state index >= 15 is 0 Å². The third-order valence-corrected chi connectivity index (χ3v) is 5.19. The molecule has 0 radical (unpaired) electrons. The number of rotatable bonds is 8. The molecule has 5 N–H and O–H groups in total. The summed E-state index contributed by atoms with van der Waals surface area (Å²) >= 11 is 0. The molecule has 1 aliphatic rings. The van der Waals surface area contributed by atoms with Crippen molar-refractivity contribution in [1.29, 1.82) is 0 Å². The van der Waals surface area contributed by atoms with E-state index in [-0.39, 0.29) is 30.2 Å². The first-order chi connectivity index (χ1) is 15.9. The van der Waals surface area contributed by atoms with Gasteiger partial charge in [-0.15, -0.1) is 0 Å². The van der Waals surface area contributed by atoms with Gasteiger partial charge in [-0.1, -0.05) is 0 Å². The average molecular weight is 460 g/mol. The smallest absolute Gasteiger partial charge is 0.235 e. The number of hydrogen-bond donors (Lipinski definition) is 4. The number of anilines is 4. The van der Waals surface area contributed by atoms with E-state index in [1.54, 1.807) is 0 Å². The van der Waals surface area contributed by atoms with E-state index in [4.69, 9.17) is 10.5 Å². The molecule has 4 rings (SSSR count). The van der Waals surface area contributed by atoms with Crippen molar-refractivity contribution >= 4 is 23.7 Å². The van der Waals surface area contributed by atoms with Crippen LogP contribution in [0.3, 0.4) is 0 Å². The fourth-order valence-corrected chi connectivity index (χ4v) is 3.52. The largest absolute Gasteiger partial charge is 0.382 e. The minimum atomic E-state index is -0.797. The molecule has 0 amide bonds. The molecular weight excluding hydrogens is 434 g/mol. The number of aromatic amines is 1. The number of aromatic nitrogens is 6. The zero-order valence-electron chi connectivity index (χ0n) is 18.3. The summed E-state index contributed by atoms with van der Waals surface area (Å²) in [5.41, 5.74) is 6.88. The van der Waals surface area contributed by atoms with Crippen LogP contribution in [0.1, 0.15) is 30.3 Å². The predicted molar refractivity (Wildman–Crippen MR) is 118 cm³/mol. The number of halogens is 2. The maximum atomic E-state index is 14.4. The van der Waals surface area contributed by atoms with Crippen molar-refractivity contribution in [3.63, 3.8) is 0 Å². The number of nitrogens with zero attached hydrogens (tertiary/aromatic N) is 6. The van der Waals surface area contributed by atoms with Crippen LogP contribution < -0.4 is 21.3 Å². The molecule has 0 unspecified atom stereocenters. The molecule has 0 aromatic carbocycles. The number of ether oxygens (including phenoxy) is 1. The van der Waals surface area contributed by atoms with E-state index in [1.165, 1.54) is 7.11 Å². The van der Waals surface area contributed by atoms with Gasteiger partial charge >= 0.3 is 0 Å². The molecule has 1 aliphatic heterocycles. The molecule has 4 heterocycles. The summed E-state index contributed by atoms with van der Waals surface area (Å²) in [6.45, 7) is 3.32. The van der Waals surface area contributed by atoms with Crippen molar-refractivity contribution in [3.8, 4) is 0 Å². The fourth-order valence-electron chi connectivity index (χ4n) is 3.52. The van der Waals surface area contributed by atoms with Crippen LogP contribution in [0.15, 0.2) is 18.3 Å². The molecule has 0 bridgehead atoms. The lowest BCUT2D eigenvalue weighted by molar-refractivity contribution is 0.183. The van der Waals surface area contributed by atoms with Gasteiger partial charge in [0.2, 0.25) is 17.8 Å². The monoisotopic (exact) mass is 460 g/mol. The Labute approximate surface area is 189 Å². The lowest BCUT2D eigenvalue weighted by Gasteiger charge is -2.30. The van der Waals surface area contributed by atoms with Gasteiger partial charge in [-0.3, -0.25) is 10.1 Å². The Morgan fingerprint density at radius 2 is 1.97 bits per heavy atom. The van der Waals surface area contributed by atoms with Gasteiger partial charge in [-0.25, -0.2) is 8.78 Å². The van der Waals surface area contributed by atoms with E-state index < -0.39 is 17.7 Å². The summed E-state index contributed by atoms with van der Waals surface area (Å²) in [7, 11) is 1.47. The van der Waals surface area contributed by atoms with Crippen molar-refractivity contribution < 1.29 is 13.5 Å².